The summed E-state index contributed by atoms with van der Waals surface area (Å²) in [6, 6.07) is 8.00. The van der Waals surface area contributed by atoms with Gasteiger partial charge in [0, 0.05) is 23.2 Å². The highest BCUT2D eigenvalue weighted by Crippen LogP contribution is 2.15. The van der Waals surface area contributed by atoms with E-state index < -0.39 is 0 Å². The first-order chi connectivity index (χ1) is 7.50. The maximum absolute atomic E-state index is 11.7. The molecule has 1 amide bonds. The largest absolute Gasteiger partial charge is 0.376 e. The predicted octanol–water partition coefficient (Wildman–Crippen LogP) is 2.73. The SMILES string of the molecule is CC(C)N(C)C(=O)CNc1cccc(Br)c1. The van der Waals surface area contributed by atoms with Crippen LogP contribution in [0.25, 0.3) is 0 Å². The van der Waals surface area contributed by atoms with Crippen LogP contribution in [0, 0.1) is 0 Å². The zero-order valence-corrected chi connectivity index (χ0v) is 11.4. The molecule has 0 aliphatic carbocycles. The van der Waals surface area contributed by atoms with Gasteiger partial charge in [0.25, 0.3) is 0 Å². The third kappa shape index (κ3) is 3.85. The fourth-order valence-corrected chi connectivity index (χ4v) is 1.59. The number of anilines is 1. The van der Waals surface area contributed by atoms with Gasteiger partial charge in [0.15, 0.2) is 0 Å². The van der Waals surface area contributed by atoms with E-state index in [1.807, 2.05) is 45.2 Å². The summed E-state index contributed by atoms with van der Waals surface area (Å²) in [5, 5.41) is 3.10. The first kappa shape index (κ1) is 13.0. The molecule has 1 aromatic carbocycles. The molecule has 3 nitrogen and oxygen atoms in total. The summed E-state index contributed by atoms with van der Waals surface area (Å²) in [4.78, 5) is 13.4. The number of nitrogens with zero attached hydrogens (tertiary/aromatic N) is 1. The van der Waals surface area contributed by atoms with Crippen LogP contribution in [-0.2, 0) is 4.79 Å². The van der Waals surface area contributed by atoms with Gasteiger partial charge in [-0.05, 0) is 32.0 Å². The molecule has 1 aromatic rings. The molecule has 0 radical (unpaired) electrons. The average Bonchev–Trinajstić information content (AvgIpc) is 2.24. The van der Waals surface area contributed by atoms with Gasteiger partial charge in [-0.2, -0.15) is 0 Å². The summed E-state index contributed by atoms with van der Waals surface area (Å²) >= 11 is 3.39. The summed E-state index contributed by atoms with van der Waals surface area (Å²) in [5.41, 5.74) is 0.944. The van der Waals surface area contributed by atoms with E-state index in [0.29, 0.717) is 6.54 Å². The highest BCUT2D eigenvalue weighted by molar-refractivity contribution is 9.10. The standard InChI is InChI=1S/C12H17BrN2O/c1-9(2)15(3)12(16)8-14-11-6-4-5-10(13)7-11/h4-7,9,14H,8H2,1-3H3. The van der Waals surface area contributed by atoms with Gasteiger partial charge in [-0.1, -0.05) is 22.0 Å². The first-order valence-electron chi connectivity index (χ1n) is 5.26. The summed E-state index contributed by atoms with van der Waals surface area (Å²) < 4.78 is 1.00. The second-order valence-electron chi connectivity index (χ2n) is 3.96. The molecular formula is C12H17BrN2O. The fourth-order valence-electron chi connectivity index (χ4n) is 1.19. The lowest BCUT2D eigenvalue weighted by Gasteiger charge is -2.21. The molecule has 0 aromatic heterocycles. The normalized spacial score (nSPS) is 10.3. The number of rotatable bonds is 4. The van der Waals surface area contributed by atoms with Crippen molar-refractivity contribution in [3.63, 3.8) is 0 Å². The van der Waals surface area contributed by atoms with Gasteiger partial charge in [0.05, 0.1) is 6.54 Å². The van der Waals surface area contributed by atoms with Gasteiger partial charge in [0.2, 0.25) is 5.91 Å². The zero-order valence-electron chi connectivity index (χ0n) is 9.83. The number of halogens is 1. The molecule has 4 heteroatoms. The number of likely N-dealkylation sites (N-methyl/N-ethyl adjacent to an activating group) is 1. The van der Waals surface area contributed by atoms with Crippen LogP contribution in [0.15, 0.2) is 28.7 Å². The van der Waals surface area contributed by atoms with Crippen LogP contribution in [0.3, 0.4) is 0 Å². The Kier molecular flexibility index (Phi) is 4.80. The van der Waals surface area contributed by atoms with Crippen molar-refractivity contribution >= 4 is 27.5 Å². The second kappa shape index (κ2) is 5.89. The smallest absolute Gasteiger partial charge is 0.241 e. The molecule has 0 saturated carbocycles. The summed E-state index contributed by atoms with van der Waals surface area (Å²) in [6.45, 7) is 4.32. The molecule has 1 N–H and O–H groups in total. The van der Waals surface area contributed by atoms with Gasteiger partial charge in [0.1, 0.15) is 0 Å². The third-order valence-electron chi connectivity index (χ3n) is 2.44. The van der Waals surface area contributed by atoms with Gasteiger partial charge >= 0.3 is 0 Å². The van der Waals surface area contributed by atoms with Crippen molar-refractivity contribution in [3.8, 4) is 0 Å². The Morgan fingerprint density at radius 2 is 2.19 bits per heavy atom. The van der Waals surface area contributed by atoms with Crippen molar-refractivity contribution in [3.05, 3.63) is 28.7 Å². The molecule has 0 saturated heterocycles. The molecule has 16 heavy (non-hydrogen) atoms. The summed E-state index contributed by atoms with van der Waals surface area (Å²) in [5.74, 6) is 0.0926. The van der Waals surface area contributed by atoms with Crippen LogP contribution in [0.4, 0.5) is 5.69 Å². The first-order valence-corrected chi connectivity index (χ1v) is 6.05. The minimum absolute atomic E-state index is 0.0926. The van der Waals surface area contributed by atoms with Gasteiger partial charge in [-0.25, -0.2) is 0 Å². The monoisotopic (exact) mass is 284 g/mol. The lowest BCUT2D eigenvalue weighted by Crippen LogP contribution is -2.37. The van der Waals surface area contributed by atoms with E-state index in [9.17, 15) is 4.79 Å². The van der Waals surface area contributed by atoms with E-state index in [-0.39, 0.29) is 11.9 Å². The molecule has 0 aliphatic heterocycles. The zero-order chi connectivity index (χ0) is 12.1. The molecule has 0 spiro atoms. The molecule has 0 unspecified atom stereocenters. The summed E-state index contributed by atoms with van der Waals surface area (Å²) in [7, 11) is 1.82. The predicted molar refractivity (Wildman–Crippen MR) is 70.5 cm³/mol. The number of benzene rings is 1. The van der Waals surface area contributed by atoms with Crippen molar-refractivity contribution in [2.45, 2.75) is 19.9 Å². The van der Waals surface area contributed by atoms with E-state index in [1.165, 1.54) is 0 Å². The molecule has 88 valence electrons. The number of carbonyl (C=O) groups excluding carboxylic acids is 1. The van der Waals surface area contributed by atoms with Crippen LogP contribution in [0.1, 0.15) is 13.8 Å². The lowest BCUT2D eigenvalue weighted by molar-refractivity contribution is -0.129. The molecule has 0 bridgehead atoms. The lowest BCUT2D eigenvalue weighted by atomic mass is 10.3. The number of amides is 1. The van der Waals surface area contributed by atoms with Crippen molar-refractivity contribution in [1.29, 1.82) is 0 Å². The Hall–Kier alpha value is -1.03. The Balaban J connectivity index is 2.49. The van der Waals surface area contributed by atoms with E-state index >= 15 is 0 Å². The number of hydrogen-bond donors (Lipinski definition) is 1. The van der Waals surface area contributed by atoms with Crippen molar-refractivity contribution in [2.75, 3.05) is 18.9 Å². The van der Waals surface area contributed by atoms with Crippen LogP contribution < -0.4 is 5.32 Å². The van der Waals surface area contributed by atoms with Gasteiger partial charge in [-0.3, -0.25) is 4.79 Å². The quantitative estimate of drug-likeness (QED) is 0.922. The van der Waals surface area contributed by atoms with E-state index in [4.69, 9.17) is 0 Å². The van der Waals surface area contributed by atoms with E-state index in [0.717, 1.165) is 10.2 Å². The van der Waals surface area contributed by atoms with Crippen LogP contribution in [0.2, 0.25) is 0 Å². The molecule has 0 heterocycles. The Morgan fingerprint density at radius 1 is 1.50 bits per heavy atom. The van der Waals surface area contributed by atoms with Crippen LogP contribution in [0.5, 0.6) is 0 Å². The fraction of sp³-hybridized carbons (Fsp3) is 0.417. The molecule has 1 rings (SSSR count). The molecular weight excluding hydrogens is 268 g/mol. The third-order valence-corrected chi connectivity index (χ3v) is 2.93. The molecule has 0 aliphatic rings. The Bertz CT molecular complexity index is 366. The minimum atomic E-state index is 0.0926. The number of carbonyl (C=O) groups is 1. The molecule has 0 fully saturated rings. The Morgan fingerprint density at radius 3 is 2.75 bits per heavy atom. The highest BCUT2D eigenvalue weighted by atomic mass is 79.9. The maximum Gasteiger partial charge on any atom is 0.241 e. The molecule has 0 atom stereocenters. The van der Waals surface area contributed by atoms with Gasteiger partial charge in [-0.15, -0.1) is 0 Å². The van der Waals surface area contributed by atoms with Crippen molar-refractivity contribution in [2.24, 2.45) is 0 Å². The summed E-state index contributed by atoms with van der Waals surface area (Å²) in [6.07, 6.45) is 0. The van der Waals surface area contributed by atoms with Crippen molar-refractivity contribution < 1.29 is 4.79 Å². The average molecular weight is 285 g/mol. The second-order valence-corrected chi connectivity index (χ2v) is 4.88. The minimum Gasteiger partial charge on any atom is -0.376 e. The highest BCUT2D eigenvalue weighted by Gasteiger charge is 2.10. The Labute approximate surface area is 105 Å². The number of nitrogens with one attached hydrogen (secondary N) is 1. The van der Waals surface area contributed by atoms with Gasteiger partial charge < -0.3 is 10.2 Å². The van der Waals surface area contributed by atoms with Crippen molar-refractivity contribution in [1.82, 2.24) is 4.90 Å². The topological polar surface area (TPSA) is 32.3 Å². The number of hydrogen-bond acceptors (Lipinski definition) is 2. The van der Waals surface area contributed by atoms with E-state index in [2.05, 4.69) is 21.2 Å². The van der Waals surface area contributed by atoms with Crippen LogP contribution in [-0.4, -0.2) is 30.4 Å². The van der Waals surface area contributed by atoms with Crippen LogP contribution >= 0.6 is 15.9 Å². The maximum atomic E-state index is 11.7. The van der Waals surface area contributed by atoms with E-state index in [1.54, 1.807) is 4.90 Å².